The lowest BCUT2D eigenvalue weighted by Crippen LogP contribution is -2.48. The van der Waals surface area contributed by atoms with Gasteiger partial charge in [0, 0.05) is 18.2 Å². The Bertz CT molecular complexity index is 977. The number of hydrogen-bond donors (Lipinski definition) is 0. The second kappa shape index (κ2) is 9.07. The van der Waals surface area contributed by atoms with Crippen LogP contribution >= 0.6 is 0 Å². The van der Waals surface area contributed by atoms with Crippen LogP contribution in [0.3, 0.4) is 0 Å². The van der Waals surface area contributed by atoms with Crippen molar-refractivity contribution in [1.82, 2.24) is 4.90 Å². The third-order valence-electron chi connectivity index (χ3n) is 6.85. The second-order valence-electron chi connectivity index (χ2n) is 9.12. The molecule has 1 aromatic carbocycles. The van der Waals surface area contributed by atoms with E-state index in [0.29, 0.717) is 6.42 Å². The van der Waals surface area contributed by atoms with Gasteiger partial charge in [-0.25, -0.2) is 0 Å². The highest BCUT2D eigenvalue weighted by atomic mass is 19.4. The lowest BCUT2D eigenvalue weighted by atomic mass is 9.78. The number of allylic oxidation sites excluding steroid dienone is 1. The average molecular weight is 487 g/mol. The molecule has 1 unspecified atom stereocenters. The van der Waals surface area contributed by atoms with E-state index < -0.39 is 35.2 Å². The van der Waals surface area contributed by atoms with Crippen molar-refractivity contribution in [1.29, 1.82) is 0 Å². The molecule has 0 saturated carbocycles. The Morgan fingerprint density at radius 1 is 1.09 bits per heavy atom. The minimum absolute atomic E-state index is 0.138. The average Bonchev–Trinajstić information content (AvgIpc) is 2.77. The number of hydrogen-bond acceptors (Lipinski definition) is 3. The zero-order chi connectivity index (χ0) is 24.7. The predicted molar refractivity (Wildman–Crippen MR) is 115 cm³/mol. The van der Waals surface area contributed by atoms with Crippen LogP contribution in [0.1, 0.15) is 55.4 Å². The summed E-state index contributed by atoms with van der Waals surface area (Å²) < 4.78 is 92.3. The van der Waals surface area contributed by atoms with E-state index in [1.54, 1.807) is 6.26 Å². The molecule has 0 aromatic heterocycles. The summed E-state index contributed by atoms with van der Waals surface area (Å²) >= 11 is 0. The van der Waals surface area contributed by atoms with Crippen LogP contribution in [-0.2, 0) is 21.8 Å². The summed E-state index contributed by atoms with van der Waals surface area (Å²) in [6.07, 6.45) is -0.368. The van der Waals surface area contributed by atoms with Crippen LogP contribution in [0, 0.1) is 0 Å². The van der Waals surface area contributed by atoms with Gasteiger partial charge in [0.25, 0.3) is 0 Å². The largest absolute Gasteiger partial charge is 0.497 e. The van der Waals surface area contributed by atoms with Crippen LogP contribution in [0.4, 0.5) is 26.3 Å². The highest BCUT2D eigenvalue weighted by molar-refractivity contribution is 5.43. The van der Waals surface area contributed by atoms with E-state index in [0.717, 1.165) is 49.1 Å². The Balaban J connectivity index is 1.75. The highest BCUT2D eigenvalue weighted by Gasteiger charge is 2.42. The van der Waals surface area contributed by atoms with Crippen LogP contribution in [0.2, 0.25) is 0 Å². The first-order chi connectivity index (χ1) is 15.9. The number of nitrogens with zero attached hydrogens (tertiary/aromatic N) is 1. The molecule has 9 heteroatoms. The van der Waals surface area contributed by atoms with Crippen LogP contribution in [-0.4, -0.2) is 36.7 Å². The fourth-order valence-electron chi connectivity index (χ4n) is 4.88. The molecule has 186 valence electrons. The van der Waals surface area contributed by atoms with Gasteiger partial charge in [0.05, 0.1) is 23.5 Å². The molecule has 1 fully saturated rings. The third kappa shape index (κ3) is 4.91. The van der Waals surface area contributed by atoms with Crippen molar-refractivity contribution >= 4 is 0 Å². The summed E-state index contributed by atoms with van der Waals surface area (Å²) in [4.78, 5) is 2.19. The van der Waals surface area contributed by atoms with E-state index in [4.69, 9.17) is 9.47 Å². The first kappa shape index (κ1) is 24.9. The molecular formula is C25H27F6NO2. The minimum atomic E-state index is -4.91. The third-order valence-corrected chi connectivity index (χ3v) is 6.85. The lowest BCUT2D eigenvalue weighted by molar-refractivity contribution is -0.143. The van der Waals surface area contributed by atoms with E-state index in [1.165, 1.54) is 6.92 Å². The molecule has 1 aromatic rings. The summed E-state index contributed by atoms with van der Waals surface area (Å²) in [5.41, 5.74) is -1.92. The van der Waals surface area contributed by atoms with Gasteiger partial charge in [0.1, 0.15) is 12.2 Å². The fraction of sp³-hybridized carbons (Fsp3) is 0.520. The number of rotatable bonds is 5. The van der Waals surface area contributed by atoms with Crippen LogP contribution < -0.4 is 0 Å². The smallest absolute Gasteiger partial charge is 0.416 e. The van der Waals surface area contributed by atoms with Crippen molar-refractivity contribution in [2.24, 2.45) is 0 Å². The maximum absolute atomic E-state index is 13.4. The van der Waals surface area contributed by atoms with Crippen molar-refractivity contribution in [3.05, 3.63) is 70.5 Å². The monoisotopic (exact) mass is 487 g/mol. The first-order valence-electron chi connectivity index (χ1n) is 11.3. The summed E-state index contributed by atoms with van der Waals surface area (Å²) in [6, 6.07) is 1.80. The number of alkyl halides is 6. The molecule has 3 atom stereocenters. The number of halogens is 6. The molecule has 1 aliphatic carbocycles. The van der Waals surface area contributed by atoms with Crippen molar-refractivity contribution in [3.63, 3.8) is 0 Å². The molecule has 1 saturated heterocycles. The van der Waals surface area contributed by atoms with Gasteiger partial charge in [-0.15, -0.1) is 0 Å². The summed E-state index contributed by atoms with van der Waals surface area (Å²) in [5, 5.41) is 0. The van der Waals surface area contributed by atoms with Gasteiger partial charge in [-0.3, -0.25) is 4.90 Å². The van der Waals surface area contributed by atoms with Gasteiger partial charge >= 0.3 is 12.4 Å². The maximum atomic E-state index is 13.4. The van der Waals surface area contributed by atoms with Crippen LogP contribution in [0.5, 0.6) is 0 Å². The molecule has 3 nitrogen and oxygen atoms in total. The molecule has 0 N–H and O–H groups in total. The fourth-order valence-corrected chi connectivity index (χ4v) is 4.88. The molecule has 3 aliphatic rings. The van der Waals surface area contributed by atoms with Crippen molar-refractivity contribution < 1.29 is 35.8 Å². The van der Waals surface area contributed by atoms with Crippen molar-refractivity contribution in [3.8, 4) is 0 Å². The van der Waals surface area contributed by atoms with E-state index in [-0.39, 0.29) is 24.3 Å². The molecule has 2 heterocycles. The number of likely N-dealkylation sites (N-methyl/N-ethyl adjacent to an activating group) is 1. The Morgan fingerprint density at radius 3 is 2.26 bits per heavy atom. The van der Waals surface area contributed by atoms with Crippen molar-refractivity contribution in [2.75, 3.05) is 20.2 Å². The Labute approximate surface area is 194 Å². The quantitative estimate of drug-likeness (QED) is 0.336. The molecule has 34 heavy (non-hydrogen) atoms. The van der Waals surface area contributed by atoms with Crippen molar-refractivity contribution in [2.45, 2.75) is 62.7 Å². The molecule has 2 aliphatic heterocycles. The number of benzene rings is 1. The number of ether oxygens (including phenoxy) is 2. The SMILES string of the molecule is C[C@@H](OC1(C2=C([C@@H]3CCN3C)C=COC2)C=CCCC1)c1cc(C(F)(F)F)cc(C(F)(F)F)c1. The molecular weight excluding hydrogens is 460 g/mol. The Morgan fingerprint density at radius 2 is 1.76 bits per heavy atom. The summed E-state index contributed by atoms with van der Waals surface area (Å²) in [7, 11) is 2.01. The first-order valence-corrected chi connectivity index (χ1v) is 11.3. The molecule has 4 rings (SSSR count). The topological polar surface area (TPSA) is 21.7 Å². The molecule has 0 radical (unpaired) electrons. The standard InChI is InChI=1S/C25H27F6NO2/c1-16(17-12-18(24(26,27)28)14-19(13-17)25(29,30)31)34-23(8-4-3-5-9-23)21-15-33-11-7-20(21)22-6-10-32(22)2/h4,7-8,11-14,16,22H,3,5-6,9-10,15H2,1-2H3/t16-,22+,23?/m1/s1. The summed E-state index contributed by atoms with van der Waals surface area (Å²) in [6.45, 7) is 2.69. The predicted octanol–water partition coefficient (Wildman–Crippen LogP) is 6.83. The van der Waals surface area contributed by atoms with Gasteiger partial charge in [0.2, 0.25) is 0 Å². The molecule has 0 bridgehead atoms. The van der Waals surface area contributed by atoms with Gasteiger partial charge in [-0.2, -0.15) is 26.3 Å². The van der Waals surface area contributed by atoms with E-state index in [1.807, 2.05) is 25.3 Å². The Kier molecular flexibility index (Phi) is 6.63. The van der Waals surface area contributed by atoms with Crippen LogP contribution in [0.15, 0.2) is 53.8 Å². The second-order valence-corrected chi connectivity index (χ2v) is 9.12. The van der Waals surface area contributed by atoms with Crippen LogP contribution in [0.25, 0.3) is 0 Å². The zero-order valence-corrected chi connectivity index (χ0v) is 19.0. The lowest BCUT2D eigenvalue weighted by Gasteiger charge is -2.45. The highest BCUT2D eigenvalue weighted by Crippen LogP contribution is 2.44. The van der Waals surface area contributed by atoms with E-state index >= 15 is 0 Å². The van der Waals surface area contributed by atoms with Gasteiger partial charge in [0.15, 0.2) is 0 Å². The van der Waals surface area contributed by atoms with Gasteiger partial charge in [-0.1, -0.05) is 12.2 Å². The molecule has 0 amide bonds. The number of likely N-dealkylation sites (tertiary alicyclic amines) is 1. The minimum Gasteiger partial charge on any atom is -0.497 e. The molecule has 0 spiro atoms. The van der Waals surface area contributed by atoms with Gasteiger partial charge < -0.3 is 9.47 Å². The normalized spacial score (nSPS) is 26.9. The summed E-state index contributed by atoms with van der Waals surface area (Å²) in [5.74, 6) is 0. The maximum Gasteiger partial charge on any atom is 0.416 e. The van der Waals surface area contributed by atoms with Gasteiger partial charge in [-0.05, 0) is 75.1 Å². The van der Waals surface area contributed by atoms with E-state index in [9.17, 15) is 26.3 Å². The zero-order valence-electron chi connectivity index (χ0n) is 19.0. The van der Waals surface area contributed by atoms with E-state index in [2.05, 4.69) is 4.90 Å². The Hall–Kier alpha value is -2.26.